The lowest BCUT2D eigenvalue weighted by Crippen LogP contribution is -2.37. The normalized spacial score (nSPS) is 12.7. The van der Waals surface area contributed by atoms with Crippen molar-refractivity contribution in [3.05, 3.63) is 34.3 Å². The van der Waals surface area contributed by atoms with Crippen LogP contribution in [0.3, 0.4) is 0 Å². The average molecular weight is 300 g/mol. The highest BCUT2D eigenvalue weighted by Gasteiger charge is 2.21. The van der Waals surface area contributed by atoms with Crippen molar-refractivity contribution in [1.29, 1.82) is 0 Å². The fourth-order valence-electron chi connectivity index (χ4n) is 1.79. The molecule has 0 spiro atoms. The predicted octanol–water partition coefficient (Wildman–Crippen LogP) is 3.13. The summed E-state index contributed by atoms with van der Waals surface area (Å²) in [5.41, 5.74) is 1.12. The van der Waals surface area contributed by atoms with Gasteiger partial charge in [0.2, 0.25) is 0 Å². The minimum absolute atomic E-state index is 0.399. The van der Waals surface area contributed by atoms with Crippen molar-refractivity contribution in [1.82, 2.24) is 4.90 Å². The second kappa shape index (κ2) is 6.77. The number of rotatable bonds is 6. The maximum absolute atomic E-state index is 11.1. The fraction of sp³-hybridized carbons (Fsp3) is 0.462. The first-order valence-electron chi connectivity index (χ1n) is 5.72. The molecule has 0 aromatic heterocycles. The SMILES string of the molecule is CCCC(C(=O)O)N(C)Cc1ccc(Br)cc1. The molecule has 3 nitrogen and oxygen atoms in total. The lowest BCUT2D eigenvalue weighted by atomic mass is 10.1. The van der Waals surface area contributed by atoms with E-state index >= 15 is 0 Å². The summed E-state index contributed by atoms with van der Waals surface area (Å²) in [5, 5.41) is 9.15. The Bertz CT molecular complexity index is 364. The molecule has 0 amide bonds. The Hall–Kier alpha value is -0.870. The summed E-state index contributed by atoms with van der Waals surface area (Å²) in [6.45, 7) is 2.66. The number of halogens is 1. The highest BCUT2D eigenvalue weighted by molar-refractivity contribution is 9.10. The van der Waals surface area contributed by atoms with Crippen LogP contribution in [0.1, 0.15) is 25.3 Å². The monoisotopic (exact) mass is 299 g/mol. The van der Waals surface area contributed by atoms with Crippen LogP contribution in [0.4, 0.5) is 0 Å². The summed E-state index contributed by atoms with van der Waals surface area (Å²) in [6.07, 6.45) is 1.56. The quantitative estimate of drug-likeness (QED) is 0.877. The number of aliphatic carboxylic acids is 1. The molecule has 1 N–H and O–H groups in total. The van der Waals surface area contributed by atoms with E-state index < -0.39 is 12.0 Å². The molecule has 4 heteroatoms. The van der Waals surface area contributed by atoms with Crippen LogP contribution in [-0.4, -0.2) is 29.1 Å². The van der Waals surface area contributed by atoms with Gasteiger partial charge in [0.1, 0.15) is 6.04 Å². The van der Waals surface area contributed by atoms with Gasteiger partial charge in [0.05, 0.1) is 0 Å². The fourth-order valence-corrected chi connectivity index (χ4v) is 2.06. The van der Waals surface area contributed by atoms with Gasteiger partial charge in [0, 0.05) is 11.0 Å². The molecule has 1 rings (SSSR count). The topological polar surface area (TPSA) is 40.5 Å². The Morgan fingerprint density at radius 1 is 1.41 bits per heavy atom. The molecule has 0 aliphatic carbocycles. The predicted molar refractivity (Wildman–Crippen MR) is 71.9 cm³/mol. The van der Waals surface area contributed by atoms with E-state index in [0.29, 0.717) is 13.0 Å². The van der Waals surface area contributed by atoms with Crippen molar-refractivity contribution in [2.75, 3.05) is 7.05 Å². The van der Waals surface area contributed by atoms with Gasteiger partial charge in [-0.05, 0) is 31.2 Å². The Labute approximate surface area is 111 Å². The number of benzene rings is 1. The summed E-state index contributed by atoms with van der Waals surface area (Å²) in [5.74, 6) is -0.744. The standard InChI is InChI=1S/C13H18BrNO2/c1-3-4-12(13(16)17)15(2)9-10-5-7-11(14)8-6-10/h5-8,12H,3-4,9H2,1-2H3,(H,16,17). The number of hydrogen-bond donors (Lipinski definition) is 1. The highest BCUT2D eigenvalue weighted by Crippen LogP contribution is 2.14. The summed E-state index contributed by atoms with van der Waals surface area (Å²) < 4.78 is 1.03. The van der Waals surface area contributed by atoms with Gasteiger partial charge in [-0.15, -0.1) is 0 Å². The Balaban J connectivity index is 2.66. The van der Waals surface area contributed by atoms with E-state index in [0.717, 1.165) is 16.5 Å². The van der Waals surface area contributed by atoms with E-state index in [1.54, 1.807) is 0 Å². The Morgan fingerprint density at radius 2 is 2.00 bits per heavy atom. The summed E-state index contributed by atoms with van der Waals surface area (Å²) in [6, 6.07) is 7.55. The van der Waals surface area contributed by atoms with Gasteiger partial charge in [0.25, 0.3) is 0 Å². The third kappa shape index (κ3) is 4.48. The van der Waals surface area contributed by atoms with Crippen LogP contribution >= 0.6 is 15.9 Å². The van der Waals surface area contributed by atoms with Gasteiger partial charge in [-0.3, -0.25) is 9.69 Å². The molecular formula is C13H18BrNO2. The van der Waals surface area contributed by atoms with Gasteiger partial charge in [-0.25, -0.2) is 0 Å². The van der Waals surface area contributed by atoms with E-state index in [1.807, 2.05) is 43.1 Å². The minimum atomic E-state index is -0.744. The molecule has 0 saturated heterocycles. The first kappa shape index (κ1) is 14.2. The molecule has 0 saturated carbocycles. The van der Waals surface area contributed by atoms with Crippen molar-refractivity contribution in [2.24, 2.45) is 0 Å². The third-order valence-electron chi connectivity index (χ3n) is 2.72. The first-order valence-corrected chi connectivity index (χ1v) is 6.51. The summed E-state index contributed by atoms with van der Waals surface area (Å²) >= 11 is 3.38. The minimum Gasteiger partial charge on any atom is -0.480 e. The van der Waals surface area contributed by atoms with E-state index in [-0.39, 0.29) is 0 Å². The average Bonchev–Trinajstić information content (AvgIpc) is 2.28. The van der Waals surface area contributed by atoms with E-state index in [9.17, 15) is 4.79 Å². The van der Waals surface area contributed by atoms with Crippen molar-refractivity contribution in [3.63, 3.8) is 0 Å². The second-order valence-electron chi connectivity index (χ2n) is 4.18. The highest BCUT2D eigenvalue weighted by atomic mass is 79.9. The maximum atomic E-state index is 11.1. The van der Waals surface area contributed by atoms with E-state index in [2.05, 4.69) is 15.9 Å². The summed E-state index contributed by atoms with van der Waals surface area (Å²) in [7, 11) is 1.86. The van der Waals surface area contributed by atoms with Crippen molar-refractivity contribution >= 4 is 21.9 Å². The number of carboxylic acids is 1. The number of carbonyl (C=O) groups is 1. The maximum Gasteiger partial charge on any atom is 0.320 e. The molecule has 0 radical (unpaired) electrons. The van der Waals surface area contributed by atoms with Gasteiger partial charge in [-0.2, -0.15) is 0 Å². The van der Waals surface area contributed by atoms with Gasteiger partial charge in [-0.1, -0.05) is 41.4 Å². The van der Waals surface area contributed by atoms with Crippen LogP contribution in [0.15, 0.2) is 28.7 Å². The Kier molecular flexibility index (Phi) is 5.65. The third-order valence-corrected chi connectivity index (χ3v) is 3.25. The smallest absolute Gasteiger partial charge is 0.320 e. The van der Waals surface area contributed by atoms with Crippen molar-refractivity contribution < 1.29 is 9.90 Å². The van der Waals surface area contributed by atoms with E-state index in [1.165, 1.54) is 0 Å². The Morgan fingerprint density at radius 3 is 2.47 bits per heavy atom. The molecular weight excluding hydrogens is 282 g/mol. The van der Waals surface area contributed by atoms with Gasteiger partial charge >= 0.3 is 5.97 Å². The lowest BCUT2D eigenvalue weighted by molar-refractivity contribution is -0.143. The molecule has 1 aromatic carbocycles. The zero-order chi connectivity index (χ0) is 12.8. The van der Waals surface area contributed by atoms with Crippen molar-refractivity contribution in [3.8, 4) is 0 Å². The molecule has 1 atom stereocenters. The molecule has 94 valence electrons. The number of hydrogen-bond acceptors (Lipinski definition) is 2. The summed E-state index contributed by atoms with van der Waals surface area (Å²) in [4.78, 5) is 13.0. The molecule has 0 fully saturated rings. The largest absolute Gasteiger partial charge is 0.480 e. The first-order chi connectivity index (χ1) is 8.04. The van der Waals surface area contributed by atoms with Crippen LogP contribution in [-0.2, 0) is 11.3 Å². The van der Waals surface area contributed by atoms with Crippen LogP contribution in [0.25, 0.3) is 0 Å². The van der Waals surface area contributed by atoms with Gasteiger partial charge in [0.15, 0.2) is 0 Å². The number of likely N-dealkylation sites (N-methyl/N-ethyl adjacent to an activating group) is 1. The van der Waals surface area contributed by atoms with Crippen LogP contribution < -0.4 is 0 Å². The molecule has 17 heavy (non-hydrogen) atoms. The zero-order valence-corrected chi connectivity index (χ0v) is 11.8. The van der Waals surface area contributed by atoms with Crippen LogP contribution in [0, 0.1) is 0 Å². The molecule has 1 aromatic rings. The van der Waals surface area contributed by atoms with E-state index in [4.69, 9.17) is 5.11 Å². The van der Waals surface area contributed by atoms with Crippen LogP contribution in [0.2, 0.25) is 0 Å². The molecule has 1 unspecified atom stereocenters. The molecule has 0 aliphatic heterocycles. The molecule has 0 aliphatic rings. The molecule has 0 heterocycles. The second-order valence-corrected chi connectivity index (χ2v) is 5.10. The number of carboxylic acid groups (broad SMARTS) is 1. The zero-order valence-electron chi connectivity index (χ0n) is 10.2. The lowest BCUT2D eigenvalue weighted by Gasteiger charge is -2.24. The van der Waals surface area contributed by atoms with Gasteiger partial charge < -0.3 is 5.11 Å². The van der Waals surface area contributed by atoms with Crippen molar-refractivity contribution in [2.45, 2.75) is 32.4 Å². The molecule has 0 bridgehead atoms. The number of nitrogens with zero attached hydrogens (tertiary/aromatic N) is 1. The van der Waals surface area contributed by atoms with Crippen LogP contribution in [0.5, 0.6) is 0 Å².